The number of nitrogens with zero attached hydrogens (tertiary/aromatic N) is 2. The maximum absolute atomic E-state index is 13.1. The monoisotopic (exact) mass is 395 g/mol. The van der Waals surface area contributed by atoms with Gasteiger partial charge in [-0.25, -0.2) is 0 Å². The number of unbranched alkanes of at least 4 members (excludes halogenated alkanes) is 1. The first-order chi connectivity index (χ1) is 13.6. The molecular formula is C23H29N3OS. The van der Waals surface area contributed by atoms with Crippen LogP contribution in [0.3, 0.4) is 0 Å². The summed E-state index contributed by atoms with van der Waals surface area (Å²) in [5, 5.41) is 3.31. The van der Waals surface area contributed by atoms with E-state index in [4.69, 9.17) is 0 Å². The number of carbonyl (C=O) groups excluding carboxylic acids is 1. The first kappa shape index (κ1) is 19.2. The molecule has 1 aromatic carbocycles. The van der Waals surface area contributed by atoms with Crippen molar-refractivity contribution in [2.24, 2.45) is 0 Å². The van der Waals surface area contributed by atoms with Crippen LogP contribution in [0.5, 0.6) is 0 Å². The van der Waals surface area contributed by atoms with Crippen molar-refractivity contribution < 1.29 is 4.79 Å². The number of benzene rings is 1. The molecule has 1 fully saturated rings. The Morgan fingerprint density at radius 1 is 1.07 bits per heavy atom. The number of aryl methyl sites for hydroxylation is 3. The molecule has 148 valence electrons. The molecule has 1 aliphatic rings. The molecule has 4 rings (SSSR count). The normalized spacial score (nSPS) is 15.4. The van der Waals surface area contributed by atoms with E-state index >= 15 is 0 Å². The Morgan fingerprint density at radius 3 is 2.64 bits per heavy atom. The molecule has 0 spiro atoms. The van der Waals surface area contributed by atoms with E-state index in [1.54, 1.807) is 0 Å². The Morgan fingerprint density at radius 2 is 1.89 bits per heavy atom. The molecule has 3 aromatic rings. The van der Waals surface area contributed by atoms with Crippen molar-refractivity contribution in [3.8, 4) is 0 Å². The lowest BCUT2D eigenvalue weighted by atomic mass is 10.1. The van der Waals surface area contributed by atoms with E-state index in [0.717, 1.165) is 54.9 Å². The molecule has 5 heteroatoms. The number of hydrogen-bond donors (Lipinski definition) is 1. The number of piperazine rings is 1. The molecule has 3 heterocycles. The minimum Gasteiger partial charge on any atom is -0.358 e. The van der Waals surface area contributed by atoms with Gasteiger partial charge in [0.1, 0.15) is 0 Å². The van der Waals surface area contributed by atoms with Crippen LogP contribution in [0, 0.1) is 13.8 Å². The van der Waals surface area contributed by atoms with Gasteiger partial charge in [0.15, 0.2) is 0 Å². The first-order valence-corrected chi connectivity index (χ1v) is 11.1. The van der Waals surface area contributed by atoms with E-state index < -0.39 is 0 Å². The quantitative estimate of drug-likeness (QED) is 0.618. The summed E-state index contributed by atoms with van der Waals surface area (Å²) in [5.41, 5.74) is 4.16. The summed E-state index contributed by atoms with van der Waals surface area (Å²) in [6.07, 6.45) is 3.66. The predicted molar refractivity (Wildman–Crippen MR) is 117 cm³/mol. The Bertz CT molecular complexity index is 936. The molecule has 1 aliphatic heterocycles. The lowest BCUT2D eigenvalue weighted by Gasteiger charge is -2.34. The molecular weight excluding hydrogens is 366 g/mol. The van der Waals surface area contributed by atoms with Crippen LogP contribution >= 0.6 is 11.3 Å². The van der Waals surface area contributed by atoms with Crippen LogP contribution < -0.4 is 0 Å². The average Bonchev–Trinajstić information content (AvgIpc) is 3.34. The SMILES string of the molecule is Cc1[nH]c2c(C(=O)N3CCN(CCCCc4cccs4)CC3)cccc2c1C. The number of aromatic amines is 1. The zero-order valence-corrected chi connectivity index (χ0v) is 17.6. The summed E-state index contributed by atoms with van der Waals surface area (Å²) in [4.78, 5) is 22.5. The molecule has 1 saturated heterocycles. The van der Waals surface area contributed by atoms with Crippen LogP contribution in [0.1, 0.15) is 39.3 Å². The fourth-order valence-electron chi connectivity index (χ4n) is 4.10. The van der Waals surface area contributed by atoms with Gasteiger partial charge in [0.25, 0.3) is 5.91 Å². The number of H-pyrrole nitrogens is 1. The van der Waals surface area contributed by atoms with Crippen molar-refractivity contribution in [2.75, 3.05) is 32.7 Å². The van der Waals surface area contributed by atoms with Gasteiger partial charge < -0.3 is 9.88 Å². The van der Waals surface area contributed by atoms with E-state index in [-0.39, 0.29) is 5.91 Å². The average molecular weight is 396 g/mol. The van der Waals surface area contributed by atoms with E-state index in [0.29, 0.717) is 0 Å². The zero-order chi connectivity index (χ0) is 19.5. The van der Waals surface area contributed by atoms with E-state index in [1.807, 2.05) is 28.4 Å². The van der Waals surface area contributed by atoms with Crippen LogP contribution in [-0.2, 0) is 6.42 Å². The van der Waals surface area contributed by atoms with Gasteiger partial charge in [0, 0.05) is 42.1 Å². The second-order valence-corrected chi connectivity index (χ2v) is 8.81. The minimum absolute atomic E-state index is 0.157. The topological polar surface area (TPSA) is 39.3 Å². The van der Waals surface area contributed by atoms with Gasteiger partial charge in [-0.05, 0) is 62.7 Å². The van der Waals surface area contributed by atoms with E-state index in [1.165, 1.54) is 29.7 Å². The fourth-order valence-corrected chi connectivity index (χ4v) is 4.85. The first-order valence-electron chi connectivity index (χ1n) is 10.3. The van der Waals surface area contributed by atoms with Crippen molar-refractivity contribution in [3.63, 3.8) is 0 Å². The summed E-state index contributed by atoms with van der Waals surface area (Å²) in [6, 6.07) is 10.4. The number of carbonyl (C=O) groups is 1. The molecule has 0 atom stereocenters. The summed E-state index contributed by atoms with van der Waals surface area (Å²) in [6.45, 7) is 8.91. The molecule has 0 unspecified atom stereocenters. The number of rotatable bonds is 6. The van der Waals surface area contributed by atoms with Crippen molar-refractivity contribution in [1.82, 2.24) is 14.8 Å². The highest BCUT2D eigenvalue weighted by Gasteiger charge is 2.24. The molecule has 0 aliphatic carbocycles. The highest BCUT2D eigenvalue weighted by Crippen LogP contribution is 2.25. The Balaban J connectivity index is 1.30. The lowest BCUT2D eigenvalue weighted by molar-refractivity contribution is 0.0637. The van der Waals surface area contributed by atoms with Gasteiger partial charge in [0.05, 0.1) is 11.1 Å². The maximum atomic E-state index is 13.1. The summed E-state index contributed by atoms with van der Waals surface area (Å²) in [5.74, 6) is 0.157. The molecule has 0 radical (unpaired) electrons. The number of fused-ring (bicyclic) bond motifs is 1. The lowest BCUT2D eigenvalue weighted by Crippen LogP contribution is -2.48. The Kier molecular flexibility index (Phi) is 5.83. The van der Waals surface area contributed by atoms with Gasteiger partial charge in [-0.15, -0.1) is 11.3 Å². The molecule has 28 heavy (non-hydrogen) atoms. The minimum atomic E-state index is 0.157. The maximum Gasteiger partial charge on any atom is 0.256 e. The van der Waals surface area contributed by atoms with Crippen LogP contribution in [0.25, 0.3) is 10.9 Å². The Hall–Kier alpha value is -2.11. The van der Waals surface area contributed by atoms with Crippen molar-refractivity contribution >= 4 is 28.1 Å². The van der Waals surface area contributed by atoms with Gasteiger partial charge in [-0.2, -0.15) is 0 Å². The van der Waals surface area contributed by atoms with Gasteiger partial charge in [-0.1, -0.05) is 18.2 Å². The molecule has 4 nitrogen and oxygen atoms in total. The van der Waals surface area contributed by atoms with Crippen molar-refractivity contribution in [1.29, 1.82) is 0 Å². The van der Waals surface area contributed by atoms with Crippen LogP contribution in [-0.4, -0.2) is 53.4 Å². The third kappa shape index (κ3) is 4.01. The standard InChI is InChI=1S/C23H29N3OS/c1-17-18(2)24-22-20(17)9-5-10-21(22)23(27)26-14-12-25(13-15-26)11-4-3-7-19-8-6-16-28-19/h5-6,8-10,16,24H,3-4,7,11-15H2,1-2H3. The largest absolute Gasteiger partial charge is 0.358 e. The third-order valence-corrected chi connectivity index (χ3v) is 6.90. The summed E-state index contributed by atoms with van der Waals surface area (Å²) < 4.78 is 0. The number of hydrogen-bond acceptors (Lipinski definition) is 3. The number of thiophene rings is 1. The molecule has 0 saturated carbocycles. The number of aromatic nitrogens is 1. The van der Waals surface area contributed by atoms with E-state index in [2.05, 4.69) is 47.3 Å². The highest BCUT2D eigenvalue weighted by atomic mass is 32.1. The second-order valence-electron chi connectivity index (χ2n) is 7.77. The summed E-state index contributed by atoms with van der Waals surface area (Å²) in [7, 11) is 0. The molecule has 1 N–H and O–H groups in total. The Labute approximate surface area is 171 Å². The predicted octanol–water partition coefficient (Wildman–Crippen LogP) is 4.63. The number of amides is 1. The number of para-hydroxylation sites is 1. The van der Waals surface area contributed by atoms with Gasteiger partial charge in [0.2, 0.25) is 0 Å². The van der Waals surface area contributed by atoms with Crippen molar-refractivity contribution in [3.05, 3.63) is 57.4 Å². The van der Waals surface area contributed by atoms with Crippen LogP contribution in [0.4, 0.5) is 0 Å². The molecule has 0 bridgehead atoms. The van der Waals surface area contributed by atoms with Crippen LogP contribution in [0.2, 0.25) is 0 Å². The summed E-state index contributed by atoms with van der Waals surface area (Å²) >= 11 is 1.85. The van der Waals surface area contributed by atoms with Crippen molar-refractivity contribution in [2.45, 2.75) is 33.1 Å². The zero-order valence-electron chi connectivity index (χ0n) is 16.8. The van der Waals surface area contributed by atoms with Gasteiger partial charge in [-0.3, -0.25) is 9.69 Å². The third-order valence-electron chi connectivity index (χ3n) is 5.96. The number of nitrogens with one attached hydrogen (secondary N) is 1. The second kappa shape index (κ2) is 8.50. The highest BCUT2D eigenvalue weighted by molar-refractivity contribution is 7.09. The molecule has 2 aromatic heterocycles. The van der Waals surface area contributed by atoms with Gasteiger partial charge >= 0.3 is 0 Å². The van der Waals surface area contributed by atoms with Crippen LogP contribution in [0.15, 0.2) is 35.7 Å². The smallest absolute Gasteiger partial charge is 0.256 e. The van der Waals surface area contributed by atoms with E-state index in [9.17, 15) is 4.79 Å². The molecule has 1 amide bonds. The fraction of sp³-hybridized carbons (Fsp3) is 0.435.